The summed E-state index contributed by atoms with van der Waals surface area (Å²) in [5.74, 6) is 1.32. The summed E-state index contributed by atoms with van der Waals surface area (Å²) in [4.78, 5) is 28.3. The zero-order chi connectivity index (χ0) is 21.8. The Labute approximate surface area is 182 Å². The van der Waals surface area contributed by atoms with Crippen LogP contribution in [0.4, 0.5) is 0 Å². The molecule has 0 unspecified atom stereocenters. The van der Waals surface area contributed by atoms with Crippen molar-refractivity contribution in [2.24, 2.45) is 0 Å². The Kier molecular flexibility index (Phi) is 5.21. The molecule has 1 aromatic rings. The second-order valence-corrected chi connectivity index (χ2v) is 10.8. The molecule has 30 heavy (non-hydrogen) atoms. The molecule has 3 aliphatic rings. The quantitative estimate of drug-likeness (QED) is 0.760. The minimum Gasteiger partial charge on any atom is -0.493 e. The average Bonchev–Trinajstić information content (AvgIpc) is 3.18. The van der Waals surface area contributed by atoms with Gasteiger partial charge in [0.25, 0.3) is 5.91 Å². The number of nitrogens with one attached hydrogen (secondary N) is 2. The molecule has 3 aliphatic heterocycles. The van der Waals surface area contributed by atoms with Crippen LogP contribution in [-0.2, 0) is 4.79 Å². The summed E-state index contributed by atoms with van der Waals surface area (Å²) in [7, 11) is 3.09. The van der Waals surface area contributed by atoms with Crippen LogP contribution in [0.2, 0.25) is 0 Å². The van der Waals surface area contributed by atoms with E-state index in [1.165, 1.54) is 7.11 Å². The maximum absolute atomic E-state index is 13.3. The maximum atomic E-state index is 13.3. The highest BCUT2D eigenvalue weighted by atomic mass is 32.2. The number of ether oxygens (including phenoxy) is 2. The average molecular weight is 434 g/mol. The predicted octanol–water partition coefficient (Wildman–Crippen LogP) is 2.70. The highest BCUT2D eigenvalue weighted by molar-refractivity contribution is 7.99. The van der Waals surface area contributed by atoms with Gasteiger partial charge in [0.2, 0.25) is 5.91 Å². The summed E-state index contributed by atoms with van der Waals surface area (Å²) in [6.07, 6.45) is 1.70. The normalized spacial score (nSPS) is 26.9. The standard InChI is InChI=1S/C22H31N3O4S/c1-21(2)9-12(10-22(3,4)24-21)23-18(26)14-11-30-20-13-7-8-15(28-5)17(29-6)16(13)19(27)25(14)20/h7-8,12,14,20,24H,9-11H2,1-6H3,(H,23,26)/t14-,20+/m0/s1. The molecule has 1 aromatic carbocycles. The number of hydrogen-bond acceptors (Lipinski definition) is 6. The van der Waals surface area contributed by atoms with Gasteiger partial charge in [0.15, 0.2) is 11.5 Å². The molecular formula is C22H31N3O4S. The monoisotopic (exact) mass is 433 g/mol. The highest BCUT2D eigenvalue weighted by Crippen LogP contribution is 2.52. The summed E-state index contributed by atoms with van der Waals surface area (Å²) >= 11 is 1.63. The molecule has 0 bridgehead atoms. The van der Waals surface area contributed by atoms with Crippen molar-refractivity contribution >= 4 is 23.6 Å². The summed E-state index contributed by atoms with van der Waals surface area (Å²) in [5.41, 5.74) is 1.28. The lowest BCUT2D eigenvalue weighted by molar-refractivity contribution is -0.126. The zero-order valence-corrected chi connectivity index (χ0v) is 19.3. The molecule has 0 saturated carbocycles. The molecule has 0 spiro atoms. The number of carbonyl (C=O) groups is 2. The fourth-order valence-electron chi connectivity index (χ4n) is 5.42. The number of nitrogens with zero attached hydrogens (tertiary/aromatic N) is 1. The number of piperidine rings is 1. The third-order valence-electron chi connectivity index (χ3n) is 6.13. The van der Waals surface area contributed by atoms with Crippen molar-refractivity contribution in [1.29, 1.82) is 0 Å². The second-order valence-electron chi connectivity index (χ2n) is 9.69. The van der Waals surface area contributed by atoms with Crippen LogP contribution in [0.5, 0.6) is 11.5 Å². The number of methoxy groups -OCH3 is 2. The minimum atomic E-state index is -0.489. The Balaban J connectivity index is 1.55. The van der Waals surface area contributed by atoms with Crippen LogP contribution in [0, 0.1) is 0 Å². The number of carbonyl (C=O) groups excluding carboxylic acids is 2. The van der Waals surface area contributed by atoms with Crippen LogP contribution >= 0.6 is 11.8 Å². The number of fused-ring (bicyclic) bond motifs is 3. The first-order valence-corrected chi connectivity index (χ1v) is 11.4. The Morgan fingerprint density at radius 1 is 1.17 bits per heavy atom. The van der Waals surface area contributed by atoms with Crippen LogP contribution in [0.3, 0.4) is 0 Å². The predicted molar refractivity (Wildman–Crippen MR) is 117 cm³/mol. The summed E-state index contributed by atoms with van der Waals surface area (Å²) in [6.45, 7) is 8.65. The van der Waals surface area contributed by atoms with Gasteiger partial charge < -0.3 is 25.0 Å². The van der Waals surface area contributed by atoms with E-state index in [-0.39, 0.29) is 34.3 Å². The smallest absolute Gasteiger partial charge is 0.260 e. The lowest BCUT2D eigenvalue weighted by Crippen LogP contribution is -2.63. The van der Waals surface area contributed by atoms with Crippen LogP contribution < -0.4 is 20.1 Å². The first-order chi connectivity index (χ1) is 14.1. The van der Waals surface area contributed by atoms with E-state index in [2.05, 4.69) is 38.3 Å². The third-order valence-corrected chi connectivity index (χ3v) is 7.44. The maximum Gasteiger partial charge on any atom is 0.260 e. The highest BCUT2D eigenvalue weighted by Gasteiger charge is 2.51. The molecule has 0 aromatic heterocycles. The summed E-state index contributed by atoms with van der Waals surface area (Å²) in [6, 6.07) is 3.31. The molecular weight excluding hydrogens is 402 g/mol. The van der Waals surface area contributed by atoms with Crippen molar-refractivity contribution in [2.45, 2.75) is 69.1 Å². The molecule has 8 heteroatoms. The SMILES string of the molecule is COc1ccc2c(c1OC)C(=O)N1[C@@H]2SC[C@H]1C(=O)NC1CC(C)(C)NC(C)(C)C1. The molecule has 3 heterocycles. The topological polar surface area (TPSA) is 79.9 Å². The van der Waals surface area contributed by atoms with Crippen molar-refractivity contribution in [3.8, 4) is 11.5 Å². The van der Waals surface area contributed by atoms with E-state index in [4.69, 9.17) is 9.47 Å². The lowest BCUT2D eigenvalue weighted by atomic mass is 9.79. The van der Waals surface area contributed by atoms with Crippen molar-refractivity contribution < 1.29 is 19.1 Å². The van der Waals surface area contributed by atoms with Gasteiger partial charge in [0.1, 0.15) is 11.4 Å². The molecule has 164 valence electrons. The van der Waals surface area contributed by atoms with E-state index < -0.39 is 6.04 Å². The van der Waals surface area contributed by atoms with E-state index in [0.29, 0.717) is 22.8 Å². The molecule has 0 radical (unpaired) electrons. The lowest BCUT2D eigenvalue weighted by Gasteiger charge is -2.46. The van der Waals surface area contributed by atoms with Gasteiger partial charge in [-0.3, -0.25) is 9.59 Å². The van der Waals surface area contributed by atoms with Gasteiger partial charge in [-0.1, -0.05) is 6.07 Å². The van der Waals surface area contributed by atoms with Gasteiger partial charge in [-0.2, -0.15) is 0 Å². The Morgan fingerprint density at radius 2 is 1.83 bits per heavy atom. The fraction of sp³-hybridized carbons (Fsp3) is 0.636. The van der Waals surface area contributed by atoms with Gasteiger partial charge in [0, 0.05) is 28.4 Å². The largest absolute Gasteiger partial charge is 0.493 e. The molecule has 2 N–H and O–H groups in total. The Bertz CT molecular complexity index is 869. The van der Waals surface area contributed by atoms with Crippen LogP contribution in [0.1, 0.15) is 61.8 Å². The van der Waals surface area contributed by atoms with Gasteiger partial charge in [0.05, 0.1) is 19.8 Å². The van der Waals surface area contributed by atoms with Crippen LogP contribution in [0.25, 0.3) is 0 Å². The van der Waals surface area contributed by atoms with Crippen molar-refractivity contribution in [2.75, 3.05) is 20.0 Å². The molecule has 2 atom stereocenters. The van der Waals surface area contributed by atoms with Gasteiger partial charge >= 0.3 is 0 Å². The molecule has 2 saturated heterocycles. The molecule has 4 rings (SSSR count). The van der Waals surface area contributed by atoms with Gasteiger partial charge in [-0.25, -0.2) is 0 Å². The van der Waals surface area contributed by atoms with Crippen LogP contribution in [0.15, 0.2) is 12.1 Å². The summed E-state index contributed by atoms with van der Waals surface area (Å²) < 4.78 is 10.8. The van der Waals surface area contributed by atoms with Gasteiger partial charge in [-0.15, -0.1) is 11.8 Å². The number of hydrogen-bond donors (Lipinski definition) is 2. The van der Waals surface area contributed by atoms with Crippen molar-refractivity contribution in [3.05, 3.63) is 23.3 Å². The number of rotatable bonds is 4. The molecule has 2 amide bonds. The first kappa shape index (κ1) is 21.3. The molecule has 0 aliphatic carbocycles. The van der Waals surface area contributed by atoms with Crippen molar-refractivity contribution in [3.63, 3.8) is 0 Å². The number of thioether (sulfide) groups is 1. The molecule has 2 fully saturated rings. The molecule has 7 nitrogen and oxygen atoms in total. The van der Waals surface area contributed by atoms with E-state index >= 15 is 0 Å². The number of benzene rings is 1. The van der Waals surface area contributed by atoms with Crippen LogP contribution in [-0.4, -0.2) is 59.8 Å². The fourth-order valence-corrected chi connectivity index (χ4v) is 6.87. The van der Waals surface area contributed by atoms with E-state index in [1.54, 1.807) is 23.8 Å². The van der Waals surface area contributed by atoms with E-state index in [1.807, 2.05) is 12.1 Å². The van der Waals surface area contributed by atoms with E-state index in [9.17, 15) is 9.59 Å². The van der Waals surface area contributed by atoms with Gasteiger partial charge in [-0.05, 0) is 46.6 Å². The minimum absolute atomic E-state index is 0.0592. The second kappa shape index (κ2) is 7.34. The summed E-state index contributed by atoms with van der Waals surface area (Å²) in [5, 5.41) is 6.72. The Hall–Kier alpha value is -1.93. The zero-order valence-electron chi connectivity index (χ0n) is 18.5. The number of amides is 2. The first-order valence-electron chi connectivity index (χ1n) is 10.4. The van der Waals surface area contributed by atoms with Crippen molar-refractivity contribution in [1.82, 2.24) is 15.5 Å². The Morgan fingerprint density at radius 3 is 2.43 bits per heavy atom. The van der Waals surface area contributed by atoms with E-state index in [0.717, 1.165) is 18.4 Å². The third kappa shape index (κ3) is 3.54.